The molecule has 0 fully saturated rings. The van der Waals surface area contributed by atoms with Gasteiger partial charge in [-0.25, -0.2) is 9.59 Å². The van der Waals surface area contributed by atoms with E-state index in [9.17, 15) is 9.59 Å². The summed E-state index contributed by atoms with van der Waals surface area (Å²) in [5.41, 5.74) is 0.396. The molecule has 4 heteroatoms. The number of ether oxygens (including phenoxy) is 2. The van der Waals surface area contributed by atoms with E-state index in [0.29, 0.717) is 12.0 Å². The van der Waals surface area contributed by atoms with Crippen molar-refractivity contribution in [3.8, 4) is 0 Å². The maximum atomic E-state index is 11.9. The fourth-order valence-electron chi connectivity index (χ4n) is 1.50. The molecule has 4 nitrogen and oxygen atoms in total. The lowest BCUT2D eigenvalue weighted by molar-refractivity contribution is -0.145. The van der Waals surface area contributed by atoms with E-state index in [1.807, 2.05) is 0 Å². The lowest BCUT2D eigenvalue weighted by atomic mass is 10.1. The highest BCUT2D eigenvalue weighted by molar-refractivity contribution is 5.96. The summed E-state index contributed by atoms with van der Waals surface area (Å²) in [6.45, 7) is 9.20. The van der Waals surface area contributed by atoms with E-state index in [1.54, 1.807) is 27.7 Å². The first-order valence-corrected chi connectivity index (χ1v) is 6.99. The molecule has 0 heterocycles. The zero-order chi connectivity index (χ0) is 14.8. The molecule has 0 aromatic carbocycles. The molecular formula is C15H26O4. The van der Waals surface area contributed by atoms with Crippen LogP contribution in [0.3, 0.4) is 0 Å². The van der Waals surface area contributed by atoms with Crippen LogP contribution in [0.5, 0.6) is 0 Å². The molecule has 0 saturated carbocycles. The Morgan fingerprint density at radius 3 is 2.05 bits per heavy atom. The standard InChI is InChI=1S/C15H26O4/c1-6-7-8-9-13(15(17)19-12(4)5)10-14(16)18-11(2)3/h10-12H,6-9H2,1-5H3/b13-10+. The van der Waals surface area contributed by atoms with E-state index >= 15 is 0 Å². The van der Waals surface area contributed by atoms with Crippen molar-refractivity contribution in [3.63, 3.8) is 0 Å². The van der Waals surface area contributed by atoms with Crippen molar-refractivity contribution in [2.75, 3.05) is 0 Å². The molecule has 0 bridgehead atoms. The molecule has 0 spiro atoms. The van der Waals surface area contributed by atoms with Crippen molar-refractivity contribution in [2.24, 2.45) is 0 Å². The van der Waals surface area contributed by atoms with Gasteiger partial charge in [-0.1, -0.05) is 19.8 Å². The molecule has 0 aliphatic heterocycles. The average molecular weight is 270 g/mol. The van der Waals surface area contributed by atoms with Crippen LogP contribution in [-0.4, -0.2) is 24.1 Å². The Hall–Kier alpha value is -1.32. The van der Waals surface area contributed by atoms with Crippen LogP contribution in [0.25, 0.3) is 0 Å². The van der Waals surface area contributed by atoms with Crippen LogP contribution in [0.1, 0.15) is 60.3 Å². The largest absolute Gasteiger partial charge is 0.460 e. The van der Waals surface area contributed by atoms with Gasteiger partial charge >= 0.3 is 11.9 Å². The normalized spacial score (nSPS) is 11.8. The third-order valence-electron chi connectivity index (χ3n) is 2.30. The number of hydrogen-bond acceptors (Lipinski definition) is 4. The number of hydrogen-bond donors (Lipinski definition) is 0. The minimum absolute atomic E-state index is 0.191. The Labute approximate surface area is 116 Å². The number of unbranched alkanes of at least 4 members (excludes halogenated alkanes) is 2. The highest BCUT2D eigenvalue weighted by Crippen LogP contribution is 2.12. The molecule has 110 valence electrons. The van der Waals surface area contributed by atoms with E-state index in [1.165, 1.54) is 6.08 Å². The maximum Gasteiger partial charge on any atom is 0.334 e. The topological polar surface area (TPSA) is 52.6 Å². The second kappa shape index (κ2) is 9.59. The Morgan fingerprint density at radius 1 is 1.00 bits per heavy atom. The number of carbonyl (C=O) groups is 2. The monoisotopic (exact) mass is 270 g/mol. The maximum absolute atomic E-state index is 11.9. The van der Waals surface area contributed by atoms with Gasteiger partial charge in [0.05, 0.1) is 12.2 Å². The molecule has 0 radical (unpaired) electrons. The van der Waals surface area contributed by atoms with Gasteiger partial charge < -0.3 is 9.47 Å². The summed E-state index contributed by atoms with van der Waals surface area (Å²) in [7, 11) is 0. The number of esters is 2. The second-order valence-electron chi connectivity index (χ2n) is 5.07. The molecule has 0 aromatic rings. The molecule has 19 heavy (non-hydrogen) atoms. The first-order valence-electron chi connectivity index (χ1n) is 6.99. The lowest BCUT2D eigenvalue weighted by Gasteiger charge is -2.11. The van der Waals surface area contributed by atoms with E-state index in [0.717, 1.165) is 19.3 Å². The van der Waals surface area contributed by atoms with Crippen molar-refractivity contribution < 1.29 is 19.1 Å². The van der Waals surface area contributed by atoms with Crippen molar-refractivity contribution in [1.82, 2.24) is 0 Å². The van der Waals surface area contributed by atoms with Crippen LogP contribution in [0.2, 0.25) is 0 Å². The van der Waals surface area contributed by atoms with Gasteiger partial charge in [-0.15, -0.1) is 0 Å². The van der Waals surface area contributed by atoms with Gasteiger partial charge in [0.15, 0.2) is 0 Å². The van der Waals surface area contributed by atoms with Gasteiger partial charge in [-0.2, -0.15) is 0 Å². The van der Waals surface area contributed by atoms with Crippen LogP contribution in [0.4, 0.5) is 0 Å². The Balaban J connectivity index is 4.68. The van der Waals surface area contributed by atoms with Crippen LogP contribution in [0, 0.1) is 0 Å². The fourth-order valence-corrected chi connectivity index (χ4v) is 1.50. The Bertz CT molecular complexity index is 316. The summed E-state index contributed by atoms with van der Waals surface area (Å²) in [6.07, 6.45) is 4.37. The van der Waals surface area contributed by atoms with Gasteiger partial charge in [-0.3, -0.25) is 0 Å². The summed E-state index contributed by atoms with van der Waals surface area (Å²) in [4.78, 5) is 23.5. The minimum atomic E-state index is -0.484. The van der Waals surface area contributed by atoms with Gasteiger partial charge in [0.25, 0.3) is 0 Å². The highest BCUT2D eigenvalue weighted by atomic mass is 16.5. The summed E-state index contributed by atoms with van der Waals surface area (Å²) in [5.74, 6) is -0.908. The third kappa shape index (κ3) is 9.28. The molecular weight excluding hydrogens is 244 g/mol. The number of carbonyl (C=O) groups excluding carboxylic acids is 2. The molecule has 0 aromatic heterocycles. The smallest absolute Gasteiger partial charge is 0.334 e. The summed E-state index contributed by atoms with van der Waals surface area (Å²) >= 11 is 0. The van der Waals surface area contributed by atoms with Crippen LogP contribution in [-0.2, 0) is 19.1 Å². The molecule has 0 aliphatic rings. The molecule has 0 saturated heterocycles. The molecule has 0 amide bonds. The Kier molecular flexibility index (Phi) is 8.92. The first kappa shape index (κ1) is 17.7. The van der Waals surface area contributed by atoms with Crippen LogP contribution < -0.4 is 0 Å². The molecule has 0 rings (SSSR count). The molecule has 0 aliphatic carbocycles. The van der Waals surface area contributed by atoms with E-state index < -0.39 is 11.9 Å². The van der Waals surface area contributed by atoms with Gasteiger partial charge in [0.2, 0.25) is 0 Å². The van der Waals surface area contributed by atoms with Gasteiger partial charge in [0.1, 0.15) is 0 Å². The van der Waals surface area contributed by atoms with E-state index in [4.69, 9.17) is 9.47 Å². The molecule has 0 atom stereocenters. The summed E-state index contributed by atoms with van der Waals surface area (Å²) in [6, 6.07) is 0. The van der Waals surface area contributed by atoms with E-state index in [2.05, 4.69) is 6.92 Å². The summed E-state index contributed by atoms with van der Waals surface area (Å²) < 4.78 is 10.2. The first-order chi connectivity index (χ1) is 8.86. The third-order valence-corrected chi connectivity index (χ3v) is 2.30. The Morgan fingerprint density at radius 2 is 1.58 bits per heavy atom. The van der Waals surface area contributed by atoms with Crippen LogP contribution in [0.15, 0.2) is 11.6 Å². The van der Waals surface area contributed by atoms with Crippen molar-refractivity contribution in [3.05, 3.63) is 11.6 Å². The zero-order valence-electron chi connectivity index (χ0n) is 12.7. The SMILES string of the molecule is CCCCC/C(=C\C(=O)OC(C)C)C(=O)OC(C)C. The van der Waals surface area contributed by atoms with Crippen molar-refractivity contribution >= 4 is 11.9 Å². The van der Waals surface area contributed by atoms with Crippen LogP contribution >= 0.6 is 0 Å². The van der Waals surface area contributed by atoms with Crippen molar-refractivity contribution in [1.29, 1.82) is 0 Å². The second-order valence-corrected chi connectivity index (χ2v) is 5.07. The predicted octanol–water partition coefficient (Wildman–Crippen LogP) is 3.40. The zero-order valence-corrected chi connectivity index (χ0v) is 12.7. The van der Waals surface area contributed by atoms with Crippen molar-refractivity contribution in [2.45, 2.75) is 72.5 Å². The average Bonchev–Trinajstić information content (AvgIpc) is 2.25. The quantitative estimate of drug-likeness (QED) is 0.385. The lowest BCUT2D eigenvalue weighted by Crippen LogP contribution is -2.16. The predicted molar refractivity (Wildman–Crippen MR) is 74.7 cm³/mol. The minimum Gasteiger partial charge on any atom is -0.460 e. The molecule has 0 N–H and O–H groups in total. The number of rotatable bonds is 8. The van der Waals surface area contributed by atoms with Gasteiger partial charge in [-0.05, 0) is 40.5 Å². The fraction of sp³-hybridized carbons (Fsp3) is 0.733. The van der Waals surface area contributed by atoms with Gasteiger partial charge in [0, 0.05) is 11.6 Å². The molecule has 0 unspecified atom stereocenters. The van der Waals surface area contributed by atoms with E-state index in [-0.39, 0.29) is 12.2 Å². The highest BCUT2D eigenvalue weighted by Gasteiger charge is 2.15. The summed E-state index contributed by atoms with van der Waals surface area (Å²) in [5, 5.41) is 0.